The fourth-order valence-electron chi connectivity index (χ4n) is 1.85. The minimum absolute atomic E-state index is 0. The van der Waals surface area contributed by atoms with Crippen molar-refractivity contribution in [2.45, 2.75) is 39.2 Å². The number of rotatable bonds is 8. The standard InChI is InChI=1S/C16H24ClN3O2.ClH/c1-3-11(2)15(18)16(22)19-10-4-5-14(21)20-13-8-6-12(17)7-9-13;/h6-9,11,15H,3-5,10,18H2,1-2H3,(H,19,22)(H,20,21);1H. The number of hydrogen-bond acceptors (Lipinski definition) is 3. The highest BCUT2D eigenvalue weighted by Crippen LogP contribution is 2.13. The van der Waals surface area contributed by atoms with Crippen molar-refractivity contribution in [1.29, 1.82) is 0 Å². The smallest absolute Gasteiger partial charge is 0.237 e. The Morgan fingerprint density at radius 1 is 1.26 bits per heavy atom. The lowest BCUT2D eigenvalue weighted by Crippen LogP contribution is -2.44. The summed E-state index contributed by atoms with van der Waals surface area (Å²) < 4.78 is 0. The van der Waals surface area contributed by atoms with Crippen LogP contribution in [0.2, 0.25) is 5.02 Å². The normalized spacial score (nSPS) is 12.7. The van der Waals surface area contributed by atoms with Gasteiger partial charge in [-0.25, -0.2) is 0 Å². The molecule has 5 nitrogen and oxygen atoms in total. The highest BCUT2D eigenvalue weighted by molar-refractivity contribution is 6.30. The molecule has 130 valence electrons. The van der Waals surface area contributed by atoms with Crippen molar-refractivity contribution in [3.05, 3.63) is 29.3 Å². The van der Waals surface area contributed by atoms with E-state index in [9.17, 15) is 9.59 Å². The summed E-state index contributed by atoms with van der Waals surface area (Å²) in [6.45, 7) is 4.39. The summed E-state index contributed by atoms with van der Waals surface area (Å²) in [5.41, 5.74) is 6.53. The molecular weight excluding hydrogens is 337 g/mol. The summed E-state index contributed by atoms with van der Waals surface area (Å²) in [5.74, 6) is -0.108. The van der Waals surface area contributed by atoms with Crippen LogP contribution in [0, 0.1) is 5.92 Å². The molecule has 0 spiro atoms. The number of nitrogens with one attached hydrogen (secondary N) is 2. The molecule has 0 saturated heterocycles. The van der Waals surface area contributed by atoms with Gasteiger partial charge in [-0.2, -0.15) is 0 Å². The molecule has 0 heterocycles. The Bertz CT molecular complexity index is 495. The van der Waals surface area contributed by atoms with Crippen molar-refractivity contribution in [2.75, 3.05) is 11.9 Å². The number of halogens is 2. The van der Waals surface area contributed by atoms with Gasteiger partial charge in [0.15, 0.2) is 0 Å². The van der Waals surface area contributed by atoms with Crippen LogP contribution in [0.25, 0.3) is 0 Å². The van der Waals surface area contributed by atoms with Crippen LogP contribution in [0.4, 0.5) is 5.69 Å². The summed E-state index contributed by atoms with van der Waals surface area (Å²) in [6, 6.07) is 6.43. The van der Waals surface area contributed by atoms with Gasteiger partial charge in [-0.3, -0.25) is 9.59 Å². The number of hydrogen-bond donors (Lipinski definition) is 3. The number of benzene rings is 1. The van der Waals surface area contributed by atoms with Gasteiger partial charge in [-0.05, 0) is 36.6 Å². The Morgan fingerprint density at radius 3 is 2.43 bits per heavy atom. The second-order valence-corrected chi connectivity index (χ2v) is 5.80. The molecular formula is C16H25Cl2N3O2. The molecule has 1 aromatic rings. The van der Waals surface area contributed by atoms with Crippen molar-refractivity contribution in [1.82, 2.24) is 5.32 Å². The van der Waals surface area contributed by atoms with Crippen LogP contribution < -0.4 is 16.4 Å². The summed E-state index contributed by atoms with van der Waals surface area (Å²) in [7, 11) is 0. The molecule has 23 heavy (non-hydrogen) atoms. The topological polar surface area (TPSA) is 84.2 Å². The van der Waals surface area contributed by atoms with Gasteiger partial charge < -0.3 is 16.4 Å². The van der Waals surface area contributed by atoms with Gasteiger partial charge in [0.1, 0.15) is 0 Å². The third kappa shape index (κ3) is 8.21. The van der Waals surface area contributed by atoms with E-state index in [0.717, 1.165) is 6.42 Å². The number of carbonyl (C=O) groups excluding carboxylic acids is 2. The molecule has 0 bridgehead atoms. The Kier molecular flexibility index (Phi) is 10.6. The third-order valence-corrected chi connectivity index (χ3v) is 3.82. The minimum Gasteiger partial charge on any atom is -0.355 e. The molecule has 0 aliphatic heterocycles. The van der Waals surface area contributed by atoms with Gasteiger partial charge in [0.25, 0.3) is 0 Å². The fraction of sp³-hybridized carbons (Fsp3) is 0.500. The Hall–Kier alpha value is -1.30. The predicted octanol–water partition coefficient (Wildman–Crippen LogP) is 2.97. The van der Waals surface area contributed by atoms with Gasteiger partial charge in [-0.15, -0.1) is 12.4 Å². The molecule has 0 aromatic heterocycles. The van der Waals surface area contributed by atoms with E-state index in [0.29, 0.717) is 30.1 Å². The molecule has 2 amide bonds. The lowest BCUT2D eigenvalue weighted by Gasteiger charge is -2.17. The fourth-order valence-corrected chi connectivity index (χ4v) is 1.97. The van der Waals surface area contributed by atoms with Crippen molar-refractivity contribution >= 4 is 41.5 Å². The van der Waals surface area contributed by atoms with Gasteiger partial charge in [0.2, 0.25) is 11.8 Å². The number of nitrogens with two attached hydrogens (primary N) is 1. The van der Waals surface area contributed by atoms with Crippen LogP contribution >= 0.6 is 24.0 Å². The SMILES string of the molecule is CCC(C)C(N)C(=O)NCCCC(=O)Nc1ccc(Cl)cc1.Cl. The van der Waals surface area contributed by atoms with Crippen LogP contribution in [-0.2, 0) is 9.59 Å². The van der Waals surface area contributed by atoms with Crippen molar-refractivity contribution in [2.24, 2.45) is 11.7 Å². The van der Waals surface area contributed by atoms with E-state index >= 15 is 0 Å². The molecule has 0 fully saturated rings. The van der Waals surface area contributed by atoms with Gasteiger partial charge >= 0.3 is 0 Å². The summed E-state index contributed by atoms with van der Waals surface area (Å²) >= 11 is 5.78. The van der Waals surface area contributed by atoms with Gasteiger partial charge in [0.05, 0.1) is 6.04 Å². The Morgan fingerprint density at radius 2 is 1.87 bits per heavy atom. The Balaban J connectivity index is 0.00000484. The maximum Gasteiger partial charge on any atom is 0.237 e. The minimum atomic E-state index is -0.493. The molecule has 4 N–H and O–H groups in total. The molecule has 2 unspecified atom stereocenters. The summed E-state index contributed by atoms with van der Waals surface area (Å²) in [5, 5.41) is 6.16. The average Bonchev–Trinajstić information content (AvgIpc) is 2.52. The highest BCUT2D eigenvalue weighted by Gasteiger charge is 2.18. The van der Waals surface area contributed by atoms with Gasteiger partial charge in [-0.1, -0.05) is 31.9 Å². The maximum absolute atomic E-state index is 11.8. The molecule has 1 rings (SSSR count). The predicted molar refractivity (Wildman–Crippen MR) is 97.0 cm³/mol. The van der Waals surface area contributed by atoms with Crippen molar-refractivity contribution < 1.29 is 9.59 Å². The van der Waals surface area contributed by atoms with E-state index in [4.69, 9.17) is 17.3 Å². The van der Waals surface area contributed by atoms with E-state index in [2.05, 4.69) is 10.6 Å². The third-order valence-electron chi connectivity index (χ3n) is 3.57. The van der Waals surface area contributed by atoms with E-state index in [1.54, 1.807) is 24.3 Å². The molecule has 0 aliphatic rings. The molecule has 0 aliphatic carbocycles. The first-order valence-corrected chi connectivity index (χ1v) is 7.90. The van der Waals surface area contributed by atoms with Gasteiger partial charge in [0, 0.05) is 23.7 Å². The zero-order chi connectivity index (χ0) is 16.5. The first-order chi connectivity index (χ1) is 10.4. The van der Waals surface area contributed by atoms with E-state index < -0.39 is 6.04 Å². The molecule has 2 atom stereocenters. The van der Waals surface area contributed by atoms with E-state index in [1.807, 2.05) is 13.8 Å². The second kappa shape index (κ2) is 11.3. The molecule has 1 aromatic carbocycles. The lowest BCUT2D eigenvalue weighted by molar-refractivity contribution is -0.123. The Labute approximate surface area is 148 Å². The largest absolute Gasteiger partial charge is 0.355 e. The quantitative estimate of drug-likeness (QED) is 0.622. The second-order valence-electron chi connectivity index (χ2n) is 5.36. The summed E-state index contributed by atoms with van der Waals surface area (Å²) in [6.07, 6.45) is 1.76. The van der Waals surface area contributed by atoms with Crippen LogP contribution in [0.5, 0.6) is 0 Å². The zero-order valence-corrected chi connectivity index (χ0v) is 15.0. The van der Waals surface area contributed by atoms with E-state index in [1.165, 1.54) is 0 Å². The first kappa shape index (κ1) is 21.7. The molecule has 0 saturated carbocycles. The van der Waals surface area contributed by atoms with Crippen LogP contribution in [0.1, 0.15) is 33.1 Å². The number of amides is 2. The number of carbonyl (C=O) groups is 2. The monoisotopic (exact) mass is 361 g/mol. The summed E-state index contributed by atoms with van der Waals surface area (Å²) in [4.78, 5) is 23.5. The van der Waals surface area contributed by atoms with Crippen molar-refractivity contribution in [3.8, 4) is 0 Å². The van der Waals surface area contributed by atoms with Crippen LogP contribution in [0.3, 0.4) is 0 Å². The van der Waals surface area contributed by atoms with Crippen LogP contribution in [0.15, 0.2) is 24.3 Å². The highest BCUT2D eigenvalue weighted by atomic mass is 35.5. The first-order valence-electron chi connectivity index (χ1n) is 7.52. The van der Waals surface area contributed by atoms with Crippen molar-refractivity contribution in [3.63, 3.8) is 0 Å². The zero-order valence-electron chi connectivity index (χ0n) is 13.5. The van der Waals surface area contributed by atoms with E-state index in [-0.39, 0.29) is 30.1 Å². The lowest BCUT2D eigenvalue weighted by atomic mass is 9.99. The maximum atomic E-state index is 11.8. The number of anilines is 1. The molecule has 7 heteroatoms. The molecule has 0 radical (unpaired) electrons. The van der Waals surface area contributed by atoms with Crippen LogP contribution in [-0.4, -0.2) is 24.4 Å². The average molecular weight is 362 g/mol.